The van der Waals surface area contributed by atoms with Crippen molar-refractivity contribution in [3.8, 4) is 5.75 Å². The van der Waals surface area contributed by atoms with Gasteiger partial charge >= 0.3 is 6.61 Å². The molecule has 0 atom stereocenters. The molecule has 1 aromatic carbocycles. The molecule has 7 nitrogen and oxygen atoms in total. The maximum absolute atomic E-state index is 13.0. The number of halogens is 2. The predicted molar refractivity (Wildman–Crippen MR) is 94.2 cm³/mol. The zero-order valence-corrected chi connectivity index (χ0v) is 15.2. The largest absolute Gasteiger partial charge is 0.435 e. The van der Waals surface area contributed by atoms with E-state index in [4.69, 9.17) is 4.52 Å². The Morgan fingerprint density at radius 2 is 2.11 bits per heavy atom. The second-order valence-electron chi connectivity index (χ2n) is 6.95. The van der Waals surface area contributed by atoms with Crippen molar-refractivity contribution < 1.29 is 27.6 Å². The van der Waals surface area contributed by atoms with Crippen LogP contribution in [0.4, 0.5) is 14.5 Å². The maximum Gasteiger partial charge on any atom is 0.387 e. The number of fused-ring (bicyclic) bond motifs is 1. The monoisotopic (exact) mass is 391 g/mol. The molecule has 9 heteroatoms. The topological polar surface area (TPSA) is 75.9 Å². The van der Waals surface area contributed by atoms with E-state index in [2.05, 4.69) is 9.89 Å². The molecule has 0 spiro atoms. The molecule has 4 rings (SSSR count). The molecule has 28 heavy (non-hydrogen) atoms. The minimum absolute atomic E-state index is 0.0119. The molecule has 0 radical (unpaired) electrons. The number of ether oxygens (including phenoxy) is 1. The van der Waals surface area contributed by atoms with E-state index in [1.165, 1.54) is 23.1 Å². The van der Waals surface area contributed by atoms with E-state index in [1.54, 1.807) is 17.9 Å². The van der Waals surface area contributed by atoms with Crippen LogP contribution in [0.3, 0.4) is 0 Å². The Hall–Kier alpha value is -2.97. The van der Waals surface area contributed by atoms with Gasteiger partial charge in [-0.1, -0.05) is 5.16 Å². The van der Waals surface area contributed by atoms with E-state index in [0.717, 1.165) is 12.8 Å². The average molecular weight is 391 g/mol. The number of anilines is 1. The first kappa shape index (κ1) is 18.4. The van der Waals surface area contributed by atoms with Crippen LogP contribution in [0.25, 0.3) is 0 Å². The summed E-state index contributed by atoms with van der Waals surface area (Å²) in [6.07, 6.45) is 2.03. The Balaban J connectivity index is 1.73. The summed E-state index contributed by atoms with van der Waals surface area (Å²) in [6, 6.07) is 6.11. The van der Waals surface area contributed by atoms with E-state index in [0.29, 0.717) is 17.0 Å². The Kier molecular flexibility index (Phi) is 4.74. The first-order valence-corrected chi connectivity index (χ1v) is 9.05. The first-order chi connectivity index (χ1) is 13.4. The normalized spacial score (nSPS) is 17.4. The molecule has 1 aliphatic carbocycles. The number of rotatable bonds is 4. The van der Waals surface area contributed by atoms with Gasteiger partial charge in [0.2, 0.25) is 5.91 Å². The SMILES string of the molecule is Cc1cc(C(=O)N2CCC(=O)N(C3CC3)Cc3cc(OC(F)F)ccc32)no1. The zero-order valence-electron chi connectivity index (χ0n) is 15.2. The van der Waals surface area contributed by atoms with Crippen molar-refractivity contribution in [1.82, 2.24) is 10.1 Å². The van der Waals surface area contributed by atoms with Crippen LogP contribution in [0, 0.1) is 6.92 Å². The summed E-state index contributed by atoms with van der Waals surface area (Å²) in [5, 5.41) is 3.76. The molecule has 0 bridgehead atoms. The highest BCUT2D eigenvalue weighted by Crippen LogP contribution is 2.35. The Morgan fingerprint density at radius 3 is 2.75 bits per heavy atom. The highest BCUT2D eigenvalue weighted by Gasteiger charge is 2.36. The molecule has 2 aromatic rings. The van der Waals surface area contributed by atoms with E-state index in [1.807, 2.05) is 0 Å². The zero-order chi connectivity index (χ0) is 19.8. The molecular weight excluding hydrogens is 372 g/mol. The molecule has 1 fully saturated rings. The lowest BCUT2D eigenvalue weighted by Gasteiger charge is -2.32. The summed E-state index contributed by atoms with van der Waals surface area (Å²) in [7, 11) is 0. The quantitative estimate of drug-likeness (QED) is 0.801. The molecule has 1 aromatic heterocycles. The number of aryl methyl sites for hydroxylation is 1. The molecule has 1 saturated carbocycles. The Labute approximate surface area is 159 Å². The standard InChI is InChI=1S/C19H19F2N3O4/c1-11-8-15(22-28-11)18(26)23-7-6-17(25)24(13-2-3-13)10-12-9-14(27-19(20)21)4-5-16(12)23/h4-5,8-9,13,19H,2-3,6-7,10H2,1H3. The van der Waals surface area contributed by atoms with Gasteiger partial charge in [-0.25, -0.2) is 0 Å². The lowest BCUT2D eigenvalue weighted by molar-refractivity contribution is -0.132. The maximum atomic E-state index is 13.0. The van der Waals surface area contributed by atoms with Gasteiger partial charge in [-0.15, -0.1) is 0 Å². The molecule has 0 N–H and O–H groups in total. The fourth-order valence-electron chi connectivity index (χ4n) is 3.41. The smallest absolute Gasteiger partial charge is 0.387 e. The van der Waals surface area contributed by atoms with Gasteiger partial charge in [0.1, 0.15) is 11.5 Å². The van der Waals surface area contributed by atoms with E-state index in [-0.39, 0.29) is 42.9 Å². The summed E-state index contributed by atoms with van der Waals surface area (Å²) < 4.78 is 34.8. The van der Waals surface area contributed by atoms with Crippen LogP contribution in [-0.2, 0) is 11.3 Å². The molecular formula is C19H19F2N3O4. The number of hydrogen-bond donors (Lipinski definition) is 0. The van der Waals surface area contributed by atoms with Crippen molar-refractivity contribution >= 4 is 17.5 Å². The number of carbonyl (C=O) groups is 2. The molecule has 0 saturated heterocycles. The van der Waals surface area contributed by atoms with Gasteiger partial charge in [-0.2, -0.15) is 8.78 Å². The fraction of sp³-hybridized carbons (Fsp3) is 0.421. The fourth-order valence-corrected chi connectivity index (χ4v) is 3.41. The summed E-state index contributed by atoms with van der Waals surface area (Å²) in [6.45, 7) is -0.880. The van der Waals surface area contributed by atoms with Gasteiger partial charge < -0.3 is 19.1 Å². The number of carbonyl (C=O) groups excluding carboxylic acids is 2. The van der Waals surface area contributed by atoms with Gasteiger partial charge in [-0.3, -0.25) is 9.59 Å². The first-order valence-electron chi connectivity index (χ1n) is 9.05. The molecule has 0 unspecified atom stereocenters. The average Bonchev–Trinajstić information content (AvgIpc) is 3.38. The number of alkyl halides is 2. The van der Waals surface area contributed by atoms with Crippen LogP contribution in [-0.4, -0.2) is 41.1 Å². The predicted octanol–water partition coefficient (Wildman–Crippen LogP) is 3.13. The minimum Gasteiger partial charge on any atom is -0.435 e. The van der Waals surface area contributed by atoms with Gasteiger partial charge in [0.25, 0.3) is 5.91 Å². The lowest BCUT2D eigenvalue weighted by atomic mass is 10.1. The van der Waals surface area contributed by atoms with Gasteiger partial charge in [0.15, 0.2) is 5.69 Å². The van der Waals surface area contributed by atoms with Crippen LogP contribution < -0.4 is 9.64 Å². The third-order valence-corrected chi connectivity index (χ3v) is 4.86. The van der Waals surface area contributed by atoms with Crippen molar-refractivity contribution in [2.24, 2.45) is 0 Å². The Morgan fingerprint density at radius 1 is 1.32 bits per heavy atom. The summed E-state index contributed by atoms with van der Waals surface area (Å²) in [4.78, 5) is 28.8. The molecule has 1 aliphatic heterocycles. The number of nitrogens with zero attached hydrogens (tertiary/aromatic N) is 3. The third-order valence-electron chi connectivity index (χ3n) is 4.86. The second kappa shape index (κ2) is 7.21. The molecule has 148 valence electrons. The van der Waals surface area contributed by atoms with Crippen LogP contribution in [0.2, 0.25) is 0 Å². The molecule has 2 amide bonds. The van der Waals surface area contributed by atoms with Crippen molar-refractivity contribution in [1.29, 1.82) is 0 Å². The number of benzene rings is 1. The van der Waals surface area contributed by atoms with Gasteiger partial charge in [0, 0.05) is 37.3 Å². The number of hydrogen-bond acceptors (Lipinski definition) is 5. The lowest BCUT2D eigenvalue weighted by Crippen LogP contribution is -2.41. The van der Waals surface area contributed by atoms with E-state index in [9.17, 15) is 18.4 Å². The third kappa shape index (κ3) is 3.69. The van der Waals surface area contributed by atoms with Crippen molar-refractivity contribution in [2.75, 3.05) is 11.4 Å². The van der Waals surface area contributed by atoms with Gasteiger partial charge in [-0.05, 0) is 43.5 Å². The van der Waals surface area contributed by atoms with Crippen LogP contribution >= 0.6 is 0 Å². The van der Waals surface area contributed by atoms with Crippen molar-refractivity contribution in [3.05, 3.63) is 41.3 Å². The van der Waals surface area contributed by atoms with Gasteiger partial charge in [0.05, 0.1) is 0 Å². The molecule has 2 aliphatic rings. The number of amides is 2. The summed E-state index contributed by atoms with van der Waals surface area (Å²) in [5.74, 6) is 0.00486. The highest BCUT2D eigenvalue weighted by molar-refractivity contribution is 6.05. The van der Waals surface area contributed by atoms with Crippen molar-refractivity contribution in [2.45, 2.75) is 45.4 Å². The summed E-state index contributed by atoms with van der Waals surface area (Å²) in [5.41, 5.74) is 1.25. The van der Waals surface area contributed by atoms with Crippen LogP contribution in [0.5, 0.6) is 5.75 Å². The minimum atomic E-state index is -2.95. The second-order valence-corrected chi connectivity index (χ2v) is 6.95. The van der Waals surface area contributed by atoms with Crippen molar-refractivity contribution in [3.63, 3.8) is 0 Å². The summed E-state index contributed by atoms with van der Waals surface area (Å²) >= 11 is 0. The number of aromatic nitrogens is 1. The van der Waals surface area contributed by atoms with E-state index >= 15 is 0 Å². The highest BCUT2D eigenvalue weighted by atomic mass is 19.3. The Bertz CT molecular complexity index is 910. The molecule has 2 heterocycles. The van der Waals surface area contributed by atoms with E-state index < -0.39 is 12.5 Å². The van der Waals surface area contributed by atoms with Crippen LogP contribution in [0.1, 0.15) is 41.1 Å². The van der Waals surface area contributed by atoms with Crippen LogP contribution in [0.15, 0.2) is 28.8 Å².